The quantitative estimate of drug-likeness (QED) is 0.104. The Hall–Kier alpha value is -7.68. The molecular formula is C73H97N15O14W2. The number of imidazole rings is 3. The van der Waals surface area contributed by atoms with Crippen molar-refractivity contribution >= 4 is 87.0 Å². The molecule has 3 unspecified atom stereocenters. The third kappa shape index (κ3) is 16.5. The molecule has 3 atom stereocenters. The summed E-state index contributed by atoms with van der Waals surface area (Å²) in [4.78, 5) is 154. The van der Waals surface area contributed by atoms with Gasteiger partial charge in [0.05, 0.1) is 33.1 Å². The Kier molecular flexibility index (Phi) is 23.8. The van der Waals surface area contributed by atoms with Crippen LogP contribution in [0.25, 0.3) is 33.1 Å². The van der Waals surface area contributed by atoms with E-state index in [4.69, 9.17) is 9.47 Å². The van der Waals surface area contributed by atoms with Crippen molar-refractivity contribution in [3.05, 3.63) is 103 Å². The third-order valence-corrected chi connectivity index (χ3v) is 21.8. The van der Waals surface area contributed by atoms with Gasteiger partial charge in [-0.2, -0.15) is 0 Å². The average Bonchev–Trinajstić information content (AvgIpc) is 1.59. The Balaban J connectivity index is 0.000000154. The number of amides is 8. The summed E-state index contributed by atoms with van der Waals surface area (Å²) in [5, 5.41) is 13.7. The van der Waals surface area contributed by atoms with Crippen molar-refractivity contribution in [1.82, 2.24) is 73.6 Å². The van der Waals surface area contributed by atoms with Crippen LogP contribution >= 0.6 is 0 Å². The Morgan fingerprint density at radius 3 is 1.14 bits per heavy atom. The van der Waals surface area contributed by atoms with Gasteiger partial charge in [0.2, 0.25) is 35.4 Å². The minimum atomic E-state index is -0.735. The van der Waals surface area contributed by atoms with Crippen LogP contribution < -0.4 is 43.7 Å². The molecule has 9 fully saturated rings. The maximum Gasteiger partial charge on any atom is 0.410 e. The van der Waals surface area contributed by atoms with E-state index in [0.717, 1.165) is 131 Å². The number of hydrogen-bond donors (Lipinski definition) is 5. The van der Waals surface area contributed by atoms with Crippen molar-refractivity contribution in [3.8, 4) is 0 Å². The number of nitrogens with one attached hydrogen (secondary N) is 5. The molecule has 104 heavy (non-hydrogen) atoms. The van der Waals surface area contributed by atoms with Gasteiger partial charge in [-0.05, 0) is 164 Å². The first-order chi connectivity index (χ1) is 48.4. The number of fused-ring (bicyclic) bond motifs is 3. The predicted molar refractivity (Wildman–Crippen MR) is 378 cm³/mol. The molecule has 0 saturated carbocycles. The monoisotopic (exact) mass is 1780 g/mol. The molecule has 0 bridgehead atoms. The van der Waals surface area contributed by atoms with Gasteiger partial charge in [0, 0.05) is 167 Å². The van der Waals surface area contributed by atoms with Crippen LogP contribution in [0.15, 0.2) is 69.0 Å². The molecule has 3 spiro atoms. The van der Waals surface area contributed by atoms with Crippen LogP contribution in [0, 0.1) is 16.2 Å². The molecule has 29 nitrogen and oxygen atoms in total. The van der Waals surface area contributed by atoms with E-state index in [2.05, 4.69) is 42.5 Å². The van der Waals surface area contributed by atoms with Crippen LogP contribution in [0.2, 0.25) is 0 Å². The van der Waals surface area contributed by atoms with Crippen LogP contribution in [-0.4, -0.2) is 191 Å². The minimum Gasteiger partial charge on any atom is -0.444 e. The van der Waals surface area contributed by atoms with E-state index < -0.39 is 41.4 Å². The summed E-state index contributed by atoms with van der Waals surface area (Å²) in [5.74, 6) is -2.21. The van der Waals surface area contributed by atoms with Crippen molar-refractivity contribution < 1.29 is 94.8 Å². The van der Waals surface area contributed by atoms with Gasteiger partial charge >= 0.3 is 29.3 Å². The predicted octanol–water partition coefficient (Wildman–Crippen LogP) is 4.39. The molecule has 0 aliphatic carbocycles. The van der Waals surface area contributed by atoms with Gasteiger partial charge in [-0.1, -0.05) is 30.3 Å². The second-order valence-electron chi connectivity index (χ2n) is 31.5. The van der Waals surface area contributed by atoms with E-state index in [0.29, 0.717) is 66.2 Å². The zero-order valence-electron chi connectivity index (χ0n) is 60.9. The van der Waals surface area contributed by atoms with Crippen molar-refractivity contribution in [1.29, 1.82) is 0 Å². The van der Waals surface area contributed by atoms with Gasteiger partial charge < -0.3 is 29.9 Å². The number of imide groups is 3. The molecule has 9 saturated heterocycles. The molecule has 8 amide bonds. The molecule has 9 aliphatic heterocycles. The summed E-state index contributed by atoms with van der Waals surface area (Å²) >= 11 is 0. The van der Waals surface area contributed by atoms with Crippen molar-refractivity contribution in [2.24, 2.45) is 37.4 Å². The van der Waals surface area contributed by atoms with Crippen molar-refractivity contribution in [2.75, 3.05) is 78.5 Å². The number of benzene rings is 3. The molecule has 31 heteroatoms. The molecule has 5 N–H and O–H groups in total. The van der Waals surface area contributed by atoms with E-state index in [9.17, 15) is 57.5 Å². The summed E-state index contributed by atoms with van der Waals surface area (Å²) in [6.07, 6.45) is 8.50. The van der Waals surface area contributed by atoms with Crippen LogP contribution in [0.4, 0.5) is 9.59 Å². The largest absolute Gasteiger partial charge is 0.444 e. The fraction of sp³-hybridized carbons (Fsp3) is 0.589. The van der Waals surface area contributed by atoms with Gasteiger partial charge in [0.25, 0.3) is 0 Å². The molecule has 6 aromatic rings. The number of aldehydes is 1. The van der Waals surface area contributed by atoms with Crippen LogP contribution in [-0.2, 0) is 115 Å². The van der Waals surface area contributed by atoms with Gasteiger partial charge in [0.15, 0.2) is 6.29 Å². The number of aromatic nitrogens is 6. The molecule has 12 heterocycles. The Labute approximate surface area is 631 Å². The Morgan fingerprint density at radius 2 is 0.808 bits per heavy atom. The van der Waals surface area contributed by atoms with Gasteiger partial charge in [-0.25, -0.2) is 24.0 Å². The third-order valence-electron chi connectivity index (χ3n) is 21.8. The second kappa shape index (κ2) is 31.4. The van der Waals surface area contributed by atoms with E-state index in [-0.39, 0.29) is 126 Å². The topological polar surface area (TPSA) is 326 Å². The molecular weight excluding hydrogens is 1680 g/mol. The number of piperidine rings is 6. The van der Waals surface area contributed by atoms with Crippen molar-refractivity contribution in [3.63, 3.8) is 0 Å². The number of carbonyl (C=O) groups excluding carboxylic acids is 9. The average molecular weight is 1780 g/mol. The van der Waals surface area contributed by atoms with Crippen LogP contribution in [0.5, 0.6) is 0 Å². The number of rotatable bonds is 8. The first kappa shape index (κ1) is 78.9. The number of nitrogens with zero attached hydrogens (tertiary/aromatic N) is 10. The smallest absolute Gasteiger partial charge is 0.410 e. The number of carbonyl (C=O) groups is 9. The maximum absolute atomic E-state index is 13.2. The molecule has 15 rings (SSSR count). The number of para-hydroxylation sites is 3. The number of aryl methyl sites for hydroxylation is 3. The van der Waals surface area contributed by atoms with Crippen molar-refractivity contribution in [2.45, 2.75) is 161 Å². The molecule has 3 aromatic heterocycles. The van der Waals surface area contributed by atoms with Gasteiger partial charge in [0.1, 0.15) is 29.3 Å². The van der Waals surface area contributed by atoms with E-state index in [1.165, 1.54) is 26.5 Å². The minimum absolute atomic E-state index is 0. The molecule has 0 radical (unpaired) electrons. The molecule has 9 aliphatic rings. The molecule has 3 aromatic carbocycles. The summed E-state index contributed by atoms with van der Waals surface area (Å²) in [5.41, 5.74) is 6.19. The summed E-state index contributed by atoms with van der Waals surface area (Å²) < 4.78 is 19.9. The number of likely N-dealkylation sites (tertiary alicyclic amines) is 4. The Morgan fingerprint density at radius 1 is 0.471 bits per heavy atom. The SMILES string of the molecule is CC(C)(C)OC(=O)N1CCC2(CC1)CNC2.Cn1c(=O)n(C2CCC(=O)NC2=O)c2cccc(C=O)c21.Cn1c(=O)n(C2CCC(=O)NC2=O)c2cccc(CN3CC4(CCN(C(=O)OC(C)(C)C)CC4)C3)c21.Cn1c(=O)n(C2CCC(=O)NC2=O)c2cccc(CN3CC4(CCNCC4)C3)c21.[W].[W]. The number of ether oxygens (including phenoxy) is 2. The molecule has 560 valence electrons. The second-order valence-corrected chi connectivity index (χ2v) is 31.5. The van der Waals surface area contributed by atoms with Crippen LogP contribution in [0.1, 0.15) is 158 Å². The maximum atomic E-state index is 13.2. The normalized spacial score (nSPS) is 22.2. The van der Waals surface area contributed by atoms with Gasteiger partial charge in [-0.15, -0.1) is 0 Å². The fourth-order valence-corrected chi connectivity index (χ4v) is 16.5. The van der Waals surface area contributed by atoms with Gasteiger partial charge in [-0.3, -0.25) is 86.7 Å². The summed E-state index contributed by atoms with van der Waals surface area (Å²) in [7, 11) is 5.06. The number of hydrogen-bond acceptors (Lipinski definition) is 18. The van der Waals surface area contributed by atoms with E-state index >= 15 is 0 Å². The first-order valence-electron chi connectivity index (χ1n) is 35.7. The van der Waals surface area contributed by atoms with E-state index in [1.807, 2.05) is 81.7 Å². The fourth-order valence-electron chi connectivity index (χ4n) is 16.5. The zero-order valence-corrected chi connectivity index (χ0v) is 66.8. The summed E-state index contributed by atoms with van der Waals surface area (Å²) in [6, 6.07) is 14.7. The van der Waals surface area contributed by atoms with E-state index in [1.54, 1.807) is 53.0 Å². The first-order valence-corrected chi connectivity index (χ1v) is 35.7. The zero-order chi connectivity index (χ0) is 73.0. The Bertz CT molecular complexity index is 4490. The standard InChI is InChI=1S/C26H35N5O5.C21H27N5O3.C14H13N3O4.C12H22N2O2.2W/c1-25(2,3)36-24(35)30-12-10-26(11-13-30)15-29(16-26)14-17-6-5-7-18-21(17)28(4)23(34)31(18)19-8-9-20(32)27-22(19)33;1-24-18-14(11-25-12-21(13-25)7-9-22-10-8-21)3-2-4-15(18)26(20(24)29)16-5-6-17(27)23-19(16)28;1-16-12-8(7-18)3-2-4-9(12)17(14(16)21)10-5-6-11(19)15-13(10)20;1-11(2,3)16-10(15)14-6-4-12(5-7-14)8-13-9-12;;/h5-7,19H,8-16H2,1-4H3,(H,27,32,33);2-4,16,22H,5-13H2,1H3,(H,23,27,28);2-4,7,10H,5-6H2,1H3,(H,15,19,20);13H,4-9H2,1-3H3;;. The summed E-state index contributed by atoms with van der Waals surface area (Å²) in [6.45, 7) is 24.6. The van der Waals surface area contributed by atoms with Crippen LogP contribution in [0.3, 0.4) is 0 Å².